The molecule has 25 heavy (non-hydrogen) atoms. The Labute approximate surface area is 149 Å². The first-order valence-electron chi connectivity index (χ1n) is 7.22. The van der Waals surface area contributed by atoms with Crippen LogP contribution in [0.25, 0.3) is 27.5 Å². The van der Waals surface area contributed by atoms with E-state index in [1.54, 1.807) is 24.3 Å². The Morgan fingerprint density at radius 2 is 1.68 bits per heavy atom. The van der Waals surface area contributed by atoms with Gasteiger partial charge in [-0.15, -0.1) is 0 Å². The Morgan fingerprint density at radius 1 is 0.920 bits per heavy atom. The summed E-state index contributed by atoms with van der Waals surface area (Å²) in [7, 11) is 0. The molecule has 2 aromatic heterocycles. The maximum atomic E-state index is 12.8. The van der Waals surface area contributed by atoms with Crippen molar-refractivity contribution in [3.05, 3.63) is 83.4 Å². The quantitative estimate of drug-likeness (QED) is 0.503. The molecule has 0 aliphatic heterocycles. The second-order valence-corrected chi connectivity index (χ2v) is 6.33. The standard InChI is InChI=1S/C17H9Cl2N3O3/c18-8-2-1-3-10(6-8)22-17(25)13-14(16(24)21-22)20-12-7-9(19)4-5-11(12)15(13)23/h1-7H,(H,20,23)(H,21,24). The summed E-state index contributed by atoms with van der Waals surface area (Å²) in [5.74, 6) is 0. The van der Waals surface area contributed by atoms with Gasteiger partial charge in [-0.2, -0.15) is 0 Å². The lowest BCUT2D eigenvalue weighted by molar-refractivity contribution is 0.799. The van der Waals surface area contributed by atoms with E-state index < -0.39 is 16.5 Å². The molecule has 0 saturated carbocycles. The fourth-order valence-corrected chi connectivity index (χ4v) is 3.11. The first-order valence-corrected chi connectivity index (χ1v) is 7.98. The van der Waals surface area contributed by atoms with E-state index in [4.69, 9.17) is 23.2 Å². The summed E-state index contributed by atoms with van der Waals surface area (Å²) in [6, 6.07) is 11.0. The maximum Gasteiger partial charge on any atom is 0.287 e. The molecule has 2 aromatic carbocycles. The van der Waals surface area contributed by atoms with Gasteiger partial charge in [0.25, 0.3) is 11.1 Å². The Morgan fingerprint density at radius 3 is 2.44 bits per heavy atom. The molecular weight excluding hydrogens is 365 g/mol. The normalized spacial score (nSPS) is 11.3. The van der Waals surface area contributed by atoms with Crippen molar-refractivity contribution >= 4 is 45.0 Å². The highest BCUT2D eigenvalue weighted by Gasteiger charge is 2.15. The number of nitrogens with one attached hydrogen (secondary N) is 2. The molecule has 0 unspecified atom stereocenters. The van der Waals surface area contributed by atoms with Crippen LogP contribution in [0.1, 0.15) is 0 Å². The lowest BCUT2D eigenvalue weighted by Gasteiger charge is -2.08. The van der Waals surface area contributed by atoms with E-state index in [0.717, 1.165) is 4.68 Å². The average Bonchev–Trinajstić information content (AvgIpc) is 2.57. The van der Waals surface area contributed by atoms with Crippen molar-refractivity contribution in [3.8, 4) is 5.69 Å². The SMILES string of the molecule is O=c1[nH]n(-c2cccc(Cl)c2)c(=O)c2c(=O)c3ccc(Cl)cc3[nH]c12. The van der Waals surface area contributed by atoms with Gasteiger partial charge in [0.05, 0.1) is 11.2 Å². The van der Waals surface area contributed by atoms with Crippen LogP contribution in [0.2, 0.25) is 10.0 Å². The monoisotopic (exact) mass is 373 g/mol. The van der Waals surface area contributed by atoms with Crippen LogP contribution in [-0.4, -0.2) is 14.8 Å². The van der Waals surface area contributed by atoms with Crippen molar-refractivity contribution in [3.63, 3.8) is 0 Å². The Bertz CT molecular complexity index is 1340. The van der Waals surface area contributed by atoms with Crippen LogP contribution < -0.4 is 16.5 Å². The van der Waals surface area contributed by atoms with Gasteiger partial charge in [0.1, 0.15) is 10.9 Å². The lowest BCUT2D eigenvalue weighted by Crippen LogP contribution is -2.32. The minimum absolute atomic E-state index is 0.0944. The minimum atomic E-state index is -0.644. The molecule has 0 radical (unpaired) electrons. The first-order chi connectivity index (χ1) is 12.0. The minimum Gasteiger partial charge on any atom is -0.350 e. The van der Waals surface area contributed by atoms with E-state index in [-0.39, 0.29) is 16.3 Å². The lowest BCUT2D eigenvalue weighted by atomic mass is 10.1. The molecule has 0 amide bonds. The third-order valence-corrected chi connectivity index (χ3v) is 4.36. The van der Waals surface area contributed by atoms with Crippen LogP contribution in [0.15, 0.2) is 56.8 Å². The van der Waals surface area contributed by atoms with E-state index in [2.05, 4.69) is 10.1 Å². The number of halogens is 2. The van der Waals surface area contributed by atoms with Crippen molar-refractivity contribution in [1.29, 1.82) is 0 Å². The van der Waals surface area contributed by atoms with Gasteiger partial charge in [-0.05, 0) is 36.4 Å². The highest BCUT2D eigenvalue weighted by Crippen LogP contribution is 2.17. The fraction of sp³-hybridized carbons (Fsp3) is 0. The second-order valence-electron chi connectivity index (χ2n) is 5.46. The highest BCUT2D eigenvalue weighted by atomic mass is 35.5. The Balaban J connectivity index is 2.19. The van der Waals surface area contributed by atoms with E-state index >= 15 is 0 Å². The molecule has 8 heteroatoms. The summed E-state index contributed by atoms with van der Waals surface area (Å²) in [6.45, 7) is 0. The predicted molar refractivity (Wildman–Crippen MR) is 98.3 cm³/mol. The van der Waals surface area contributed by atoms with Gasteiger partial charge >= 0.3 is 0 Å². The molecule has 0 spiro atoms. The van der Waals surface area contributed by atoms with Crippen LogP contribution in [0.4, 0.5) is 0 Å². The number of nitrogens with zero attached hydrogens (tertiary/aromatic N) is 1. The average molecular weight is 374 g/mol. The molecule has 124 valence electrons. The molecule has 0 fully saturated rings. The van der Waals surface area contributed by atoms with E-state index in [0.29, 0.717) is 21.2 Å². The van der Waals surface area contributed by atoms with Crippen molar-refractivity contribution in [2.45, 2.75) is 0 Å². The van der Waals surface area contributed by atoms with Gasteiger partial charge in [0.15, 0.2) is 0 Å². The summed E-state index contributed by atoms with van der Waals surface area (Å²) in [4.78, 5) is 40.9. The molecule has 2 heterocycles. The van der Waals surface area contributed by atoms with Crippen molar-refractivity contribution in [2.75, 3.05) is 0 Å². The molecule has 0 saturated heterocycles. The molecule has 0 aliphatic carbocycles. The van der Waals surface area contributed by atoms with E-state index in [1.165, 1.54) is 18.2 Å². The number of hydrogen-bond donors (Lipinski definition) is 2. The fourth-order valence-electron chi connectivity index (χ4n) is 2.75. The van der Waals surface area contributed by atoms with Gasteiger partial charge in [0, 0.05) is 15.4 Å². The largest absolute Gasteiger partial charge is 0.350 e. The zero-order valence-electron chi connectivity index (χ0n) is 12.5. The Kier molecular flexibility index (Phi) is 3.52. The van der Waals surface area contributed by atoms with Gasteiger partial charge in [-0.3, -0.25) is 19.5 Å². The van der Waals surface area contributed by atoms with E-state index in [9.17, 15) is 14.4 Å². The maximum absolute atomic E-state index is 12.8. The molecule has 4 rings (SSSR count). The number of hydrogen-bond acceptors (Lipinski definition) is 3. The number of pyridine rings is 1. The molecule has 0 atom stereocenters. The predicted octanol–water partition coefficient (Wildman–Crippen LogP) is 2.83. The Hall–Kier alpha value is -2.83. The first kappa shape index (κ1) is 15.7. The van der Waals surface area contributed by atoms with Crippen molar-refractivity contribution < 1.29 is 0 Å². The van der Waals surface area contributed by atoms with E-state index in [1.807, 2.05) is 0 Å². The van der Waals surface area contributed by atoms with Gasteiger partial charge in [0.2, 0.25) is 5.43 Å². The van der Waals surface area contributed by atoms with Crippen LogP contribution in [-0.2, 0) is 0 Å². The van der Waals surface area contributed by atoms with Gasteiger partial charge < -0.3 is 4.98 Å². The molecule has 2 N–H and O–H groups in total. The van der Waals surface area contributed by atoms with Crippen molar-refractivity contribution in [1.82, 2.24) is 14.8 Å². The zero-order chi connectivity index (χ0) is 17.7. The third kappa shape index (κ3) is 2.47. The number of benzene rings is 2. The number of aromatic amines is 2. The summed E-state index contributed by atoms with van der Waals surface area (Å²) < 4.78 is 1.01. The van der Waals surface area contributed by atoms with Crippen LogP contribution in [0.3, 0.4) is 0 Å². The van der Waals surface area contributed by atoms with Crippen LogP contribution in [0, 0.1) is 0 Å². The summed E-state index contributed by atoms with van der Waals surface area (Å²) in [5, 5.41) is 3.31. The third-order valence-electron chi connectivity index (χ3n) is 3.89. The van der Waals surface area contributed by atoms with Crippen molar-refractivity contribution in [2.24, 2.45) is 0 Å². The van der Waals surface area contributed by atoms with Gasteiger partial charge in [-0.1, -0.05) is 29.3 Å². The second kappa shape index (κ2) is 5.61. The number of aromatic nitrogens is 3. The number of H-pyrrole nitrogens is 2. The molecule has 6 nitrogen and oxygen atoms in total. The zero-order valence-corrected chi connectivity index (χ0v) is 14.0. The summed E-state index contributed by atoms with van der Waals surface area (Å²) in [5.41, 5.74) is -1.14. The van der Waals surface area contributed by atoms with Crippen LogP contribution in [0.5, 0.6) is 0 Å². The summed E-state index contributed by atoms with van der Waals surface area (Å²) >= 11 is 11.9. The number of fused-ring (bicyclic) bond motifs is 2. The number of rotatable bonds is 1. The summed E-state index contributed by atoms with van der Waals surface area (Å²) in [6.07, 6.45) is 0. The van der Waals surface area contributed by atoms with Gasteiger partial charge in [-0.25, -0.2) is 4.68 Å². The topological polar surface area (TPSA) is 87.7 Å². The molecule has 0 bridgehead atoms. The highest BCUT2D eigenvalue weighted by molar-refractivity contribution is 6.31. The van der Waals surface area contributed by atoms with Crippen LogP contribution >= 0.6 is 23.2 Å². The molecule has 4 aromatic rings. The molecular formula is C17H9Cl2N3O3. The molecule has 0 aliphatic rings. The smallest absolute Gasteiger partial charge is 0.287 e.